The largest absolute Gasteiger partial charge is 0.336 e. The number of urea groups is 1. The minimum atomic E-state index is -0.176. The van der Waals surface area contributed by atoms with Gasteiger partial charge in [-0.2, -0.15) is 0 Å². The zero-order valence-electron chi connectivity index (χ0n) is 11.9. The van der Waals surface area contributed by atoms with Crippen LogP contribution in [0, 0.1) is 0 Å². The van der Waals surface area contributed by atoms with Crippen molar-refractivity contribution in [1.82, 2.24) is 15.5 Å². The second kappa shape index (κ2) is 5.25. The molecule has 0 aromatic carbocycles. The third-order valence-electron chi connectivity index (χ3n) is 3.55. The Morgan fingerprint density at radius 2 is 1.76 bits per heavy atom. The molecule has 0 heterocycles. The van der Waals surface area contributed by atoms with Crippen LogP contribution < -0.4 is 10.6 Å². The number of hydrogen-bond acceptors (Lipinski definition) is 2. The molecule has 0 aromatic heterocycles. The highest BCUT2D eigenvalue weighted by Gasteiger charge is 2.36. The zero-order valence-corrected chi connectivity index (χ0v) is 11.9. The quantitative estimate of drug-likeness (QED) is 0.793. The first kappa shape index (κ1) is 14.3. The molecule has 0 saturated heterocycles. The fourth-order valence-electron chi connectivity index (χ4n) is 2.44. The predicted octanol–water partition coefficient (Wildman–Crippen LogP) is 1.96. The lowest BCUT2D eigenvalue weighted by molar-refractivity contribution is 0.153. The van der Waals surface area contributed by atoms with Crippen molar-refractivity contribution in [2.75, 3.05) is 20.6 Å². The van der Waals surface area contributed by atoms with Gasteiger partial charge in [0.2, 0.25) is 0 Å². The highest BCUT2D eigenvalue weighted by Crippen LogP contribution is 2.32. The minimum absolute atomic E-state index is 0.0642. The SMILES string of the molecule is CN(C)C1(CNC(=O)NC(C)(C)C)CCCC1. The monoisotopic (exact) mass is 241 g/mol. The molecule has 0 radical (unpaired) electrons. The molecule has 17 heavy (non-hydrogen) atoms. The molecule has 1 fully saturated rings. The highest BCUT2D eigenvalue weighted by atomic mass is 16.2. The molecule has 0 aliphatic heterocycles. The van der Waals surface area contributed by atoms with Crippen LogP contribution in [0.1, 0.15) is 46.5 Å². The van der Waals surface area contributed by atoms with Crippen LogP contribution in [-0.4, -0.2) is 42.6 Å². The molecule has 1 aliphatic rings. The van der Waals surface area contributed by atoms with Crippen LogP contribution in [0.25, 0.3) is 0 Å². The maximum absolute atomic E-state index is 11.7. The van der Waals surface area contributed by atoms with Crippen LogP contribution >= 0.6 is 0 Å². The minimum Gasteiger partial charge on any atom is -0.336 e. The number of amides is 2. The molecule has 0 unspecified atom stereocenters. The number of carbonyl (C=O) groups excluding carboxylic acids is 1. The van der Waals surface area contributed by atoms with Gasteiger partial charge in [0.25, 0.3) is 0 Å². The molecule has 100 valence electrons. The number of nitrogens with zero attached hydrogens (tertiary/aromatic N) is 1. The number of rotatable bonds is 3. The lowest BCUT2D eigenvalue weighted by atomic mass is 9.96. The Labute approximate surface area is 105 Å². The third-order valence-corrected chi connectivity index (χ3v) is 3.55. The first-order chi connectivity index (χ1) is 7.75. The van der Waals surface area contributed by atoms with Gasteiger partial charge in [0.15, 0.2) is 0 Å². The molecule has 0 atom stereocenters. The van der Waals surface area contributed by atoms with E-state index in [1.54, 1.807) is 0 Å². The summed E-state index contributed by atoms with van der Waals surface area (Å²) in [5.41, 5.74) is -0.0136. The van der Waals surface area contributed by atoms with Crippen LogP contribution in [-0.2, 0) is 0 Å². The smallest absolute Gasteiger partial charge is 0.315 e. The normalized spacial score (nSPS) is 19.4. The second-order valence-electron chi connectivity index (χ2n) is 6.38. The first-order valence-electron chi connectivity index (χ1n) is 6.49. The number of carbonyl (C=O) groups is 1. The average Bonchev–Trinajstić information content (AvgIpc) is 2.61. The summed E-state index contributed by atoms with van der Waals surface area (Å²) < 4.78 is 0. The third kappa shape index (κ3) is 4.19. The van der Waals surface area contributed by atoms with E-state index in [1.807, 2.05) is 20.8 Å². The second-order valence-corrected chi connectivity index (χ2v) is 6.38. The van der Waals surface area contributed by atoms with Gasteiger partial charge in [-0.15, -0.1) is 0 Å². The highest BCUT2D eigenvalue weighted by molar-refractivity contribution is 5.74. The first-order valence-corrected chi connectivity index (χ1v) is 6.49. The fraction of sp³-hybridized carbons (Fsp3) is 0.923. The summed E-state index contributed by atoms with van der Waals surface area (Å²) in [6, 6.07) is -0.0642. The van der Waals surface area contributed by atoms with Crippen molar-refractivity contribution in [3.05, 3.63) is 0 Å². The van der Waals surface area contributed by atoms with E-state index in [0.29, 0.717) is 0 Å². The Bertz CT molecular complexity index is 262. The summed E-state index contributed by atoms with van der Waals surface area (Å²) in [5.74, 6) is 0. The van der Waals surface area contributed by atoms with Crippen LogP contribution in [0.2, 0.25) is 0 Å². The lowest BCUT2D eigenvalue weighted by Gasteiger charge is -2.36. The number of nitrogens with one attached hydrogen (secondary N) is 2. The van der Waals surface area contributed by atoms with Gasteiger partial charge in [-0.1, -0.05) is 12.8 Å². The zero-order chi connectivity index (χ0) is 13.1. The van der Waals surface area contributed by atoms with E-state index in [4.69, 9.17) is 0 Å². The number of likely N-dealkylation sites (N-methyl/N-ethyl adjacent to an activating group) is 1. The lowest BCUT2D eigenvalue weighted by Crippen LogP contribution is -2.54. The molecule has 1 rings (SSSR count). The molecule has 0 spiro atoms. The Balaban J connectivity index is 2.45. The van der Waals surface area contributed by atoms with E-state index in [1.165, 1.54) is 25.7 Å². The Hall–Kier alpha value is -0.770. The van der Waals surface area contributed by atoms with Crippen LogP contribution in [0.15, 0.2) is 0 Å². The summed E-state index contributed by atoms with van der Waals surface area (Å²) in [4.78, 5) is 14.0. The molecule has 1 aliphatic carbocycles. The molecular formula is C13H27N3O. The number of hydrogen-bond donors (Lipinski definition) is 2. The molecule has 0 aromatic rings. The van der Waals surface area contributed by atoms with Gasteiger partial charge in [0.1, 0.15) is 0 Å². The molecule has 2 N–H and O–H groups in total. The average molecular weight is 241 g/mol. The summed E-state index contributed by atoms with van der Waals surface area (Å²) in [6.07, 6.45) is 4.88. The molecule has 1 saturated carbocycles. The van der Waals surface area contributed by atoms with Crippen molar-refractivity contribution in [2.45, 2.75) is 57.5 Å². The van der Waals surface area contributed by atoms with Crippen molar-refractivity contribution in [3.63, 3.8) is 0 Å². The van der Waals surface area contributed by atoms with Crippen LogP contribution in [0.5, 0.6) is 0 Å². The van der Waals surface area contributed by atoms with Crippen LogP contribution in [0.3, 0.4) is 0 Å². The Kier molecular flexibility index (Phi) is 4.42. The van der Waals surface area contributed by atoms with E-state index in [-0.39, 0.29) is 17.1 Å². The van der Waals surface area contributed by atoms with Gasteiger partial charge < -0.3 is 15.5 Å². The van der Waals surface area contributed by atoms with Gasteiger partial charge >= 0.3 is 6.03 Å². The summed E-state index contributed by atoms with van der Waals surface area (Å²) >= 11 is 0. The van der Waals surface area contributed by atoms with Gasteiger partial charge in [0.05, 0.1) is 0 Å². The molecule has 4 nitrogen and oxygen atoms in total. The van der Waals surface area contributed by atoms with Gasteiger partial charge in [-0.3, -0.25) is 0 Å². The maximum Gasteiger partial charge on any atom is 0.315 e. The van der Waals surface area contributed by atoms with Crippen molar-refractivity contribution in [2.24, 2.45) is 0 Å². The molecule has 4 heteroatoms. The standard InChI is InChI=1S/C13H27N3O/c1-12(2,3)15-11(17)14-10-13(16(4)5)8-6-7-9-13/h6-10H2,1-5H3,(H2,14,15,17). The summed E-state index contributed by atoms with van der Waals surface area (Å²) in [5, 5.41) is 5.94. The molecule has 0 bridgehead atoms. The Morgan fingerprint density at radius 1 is 1.24 bits per heavy atom. The van der Waals surface area contributed by atoms with E-state index < -0.39 is 0 Å². The van der Waals surface area contributed by atoms with E-state index in [2.05, 4.69) is 29.6 Å². The summed E-state index contributed by atoms with van der Waals surface area (Å²) in [7, 11) is 4.21. The van der Waals surface area contributed by atoms with Gasteiger partial charge in [-0.25, -0.2) is 4.79 Å². The van der Waals surface area contributed by atoms with Crippen molar-refractivity contribution < 1.29 is 4.79 Å². The topological polar surface area (TPSA) is 44.4 Å². The van der Waals surface area contributed by atoms with Gasteiger partial charge in [0, 0.05) is 17.6 Å². The van der Waals surface area contributed by atoms with E-state index >= 15 is 0 Å². The van der Waals surface area contributed by atoms with Crippen LogP contribution in [0.4, 0.5) is 4.79 Å². The van der Waals surface area contributed by atoms with Crippen molar-refractivity contribution in [1.29, 1.82) is 0 Å². The van der Waals surface area contributed by atoms with Gasteiger partial charge in [-0.05, 0) is 47.7 Å². The summed E-state index contributed by atoms with van der Waals surface area (Å²) in [6.45, 7) is 6.71. The molecule has 2 amide bonds. The van der Waals surface area contributed by atoms with Crippen molar-refractivity contribution in [3.8, 4) is 0 Å². The van der Waals surface area contributed by atoms with Crippen molar-refractivity contribution >= 4 is 6.03 Å². The predicted molar refractivity (Wildman–Crippen MR) is 71.2 cm³/mol. The maximum atomic E-state index is 11.7. The van der Waals surface area contributed by atoms with E-state index in [9.17, 15) is 4.79 Å². The molecular weight excluding hydrogens is 214 g/mol. The fourth-order valence-corrected chi connectivity index (χ4v) is 2.44. The Morgan fingerprint density at radius 3 is 2.18 bits per heavy atom. The van der Waals surface area contributed by atoms with E-state index in [0.717, 1.165) is 6.54 Å².